The number of halogens is 2. The predicted molar refractivity (Wildman–Crippen MR) is 91.7 cm³/mol. The van der Waals surface area contributed by atoms with Crippen molar-refractivity contribution in [2.75, 3.05) is 26.3 Å². The molecule has 1 aromatic rings. The van der Waals surface area contributed by atoms with Gasteiger partial charge in [-0.05, 0) is 49.9 Å². The molecule has 0 aliphatic carbocycles. The molecule has 4 nitrogen and oxygen atoms in total. The average Bonchev–Trinajstić information content (AvgIpc) is 2.52. The lowest BCUT2D eigenvalue weighted by atomic mass is 9.73. The third kappa shape index (κ3) is 4.59. The lowest BCUT2D eigenvalue weighted by Gasteiger charge is -2.36. The Morgan fingerprint density at radius 3 is 2.68 bits per heavy atom. The summed E-state index contributed by atoms with van der Waals surface area (Å²) in [7, 11) is 0. The van der Waals surface area contributed by atoms with Gasteiger partial charge in [0.25, 0.3) is 0 Å². The van der Waals surface area contributed by atoms with Gasteiger partial charge in [-0.3, -0.25) is 4.79 Å². The van der Waals surface area contributed by atoms with Crippen molar-refractivity contribution in [3.63, 3.8) is 0 Å². The maximum absolute atomic E-state index is 12.8. The highest BCUT2D eigenvalue weighted by atomic mass is 35.5. The molecule has 22 heavy (non-hydrogen) atoms. The van der Waals surface area contributed by atoms with Gasteiger partial charge < -0.3 is 15.8 Å². The Morgan fingerprint density at radius 1 is 1.32 bits per heavy atom. The molecule has 1 aliphatic heterocycles. The highest BCUT2D eigenvalue weighted by Gasteiger charge is 2.41. The van der Waals surface area contributed by atoms with E-state index in [0.29, 0.717) is 44.2 Å². The number of unbranched alkanes of at least 4 members (excludes halogenated alkanes) is 1. The maximum atomic E-state index is 12.8. The fourth-order valence-corrected chi connectivity index (χ4v) is 2.98. The first-order valence-corrected chi connectivity index (χ1v) is 7.89. The van der Waals surface area contributed by atoms with Gasteiger partial charge in [0.2, 0.25) is 5.91 Å². The number of carbonyl (C=O) groups is 1. The molecule has 0 radical (unpaired) electrons. The number of ether oxygens (including phenoxy) is 1. The molecule has 1 amide bonds. The fourth-order valence-electron chi connectivity index (χ4n) is 2.79. The van der Waals surface area contributed by atoms with Crippen LogP contribution < -0.4 is 11.1 Å². The van der Waals surface area contributed by atoms with E-state index in [2.05, 4.69) is 5.32 Å². The van der Waals surface area contributed by atoms with Crippen molar-refractivity contribution in [2.24, 2.45) is 5.73 Å². The molecule has 3 N–H and O–H groups in total. The number of benzene rings is 1. The molecule has 0 spiro atoms. The van der Waals surface area contributed by atoms with E-state index in [1.54, 1.807) is 0 Å². The summed E-state index contributed by atoms with van der Waals surface area (Å²) in [5, 5.41) is 3.71. The van der Waals surface area contributed by atoms with Crippen LogP contribution in [-0.2, 0) is 14.9 Å². The minimum absolute atomic E-state index is 0. The van der Waals surface area contributed by atoms with Gasteiger partial charge in [-0.2, -0.15) is 0 Å². The summed E-state index contributed by atoms with van der Waals surface area (Å²) in [6, 6.07) is 7.61. The molecular weight excluding hydrogens is 323 g/mol. The number of rotatable bonds is 6. The SMILES string of the molecule is Cl.NCCCCNC(=O)C1(c2cccc(Cl)c2)CCOCC1. The molecule has 0 atom stereocenters. The maximum Gasteiger partial charge on any atom is 0.230 e. The van der Waals surface area contributed by atoms with Gasteiger partial charge in [0.05, 0.1) is 5.41 Å². The van der Waals surface area contributed by atoms with Gasteiger partial charge in [-0.25, -0.2) is 0 Å². The van der Waals surface area contributed by atoms with Gasteiger partial charge in [0.1, 0.15) is 0 Å². The van der Waals surface area contributed by atoms with Crippen molar-refractivity contribution in [1.82, 2.24) is 5.32 Å². The van der Waals surface area contributed by atoms with Crippen LogP contribution in [0.2, 0.25) is 5.02 Å². The highest BCUT2D eigenvalue weighted by Crippen LogP contribution is 2.36. The van der Waals surface area contributed by atoms with Gasteiger partial charge in [-0.15, -0.1) is 12.4 Å². The summed E-state index contributed by atoms with van der Waals surface area (Å²) in [4.78, 5) is 12.8. The minimum Gasteiger partial charge on any atom is -0.381 e. The molecule has 1 saturated heterocycles. The van der Waals surface area contributed by atoms with Gasteiger partial charge in [0.15, 0.2) is 0 Å². The van der Waals surface area contributed by atoms with E-state index in [1.165, 1.54) is 0 Å². The standard InChI is InChI=1S/C16H23ClN2O2.ClH/c17-14-5-3-4-13(12-14)16(6-10-21-11-7-16)15(20)19-9-2-1-8-18;/h3-5,12H,1-2,6-11,18H2,(H,19,20);1H. The van der Waals surface area contributed by atoms with E-state index < -0.39 is 5.41 Å². The van der Waals surface area contributed by atoms with Crippen molar-refractivity contribution in [1.29, 1.82) is 0 Å². The molecule has 1 fully saturated rings. The molecule has 124 valence electrons. The van der Waals surface area contributed by atoms with E-state index in [4.69, 9.17) is 22.1 Å². The van der Waals surface area contributed by atoms with Crippen LogP contribution in [0.1, 0.15) is 31.2 Å². The summed E-state index contributed by atoms with van der Waals surface area (Å²) in [5.74, 6) is 0.0742. The lowest BCUT2D eigenvalue weighted by molar-refractivity contribution is -0.130. The van der Waals surface area contributed by atoms with Crippen molar-refractivity contribution in [3.8, 4) is 0 Å². The van der Waals surface area contributed by atoms with Crippen molar-refractivity contribution < 1.29 is 9.53 Å². The Balaban J connectivity index is 0.00000242. The van der Waals surface area contributed by atoms with Crippen LogP contribution in [0.15, 0.2) is 24.3 Å². The Bertz CT molecular complexity index is 477. The Morgan fingerprint density at radius 2 is 2.05 bits per heavy atom. The number of nitrogens with one attached hydrogen (secondary N) is 1. The van der Waals surface area contributed by atoms with Gasteiger partial charge in [0, 0.05) is 24.8 Å². The molecule has 1 heterocycles. The highest BCUT2D eigenvalue weighted by molar-refractivity contribution is 6.30. The van der Waals surface area contributed by atoms with Crippen LogP contribution in [0, 0.1) is 0 Å². The Hall–Kier alpha value is -0.810. The molecule has 6 heteroatoms. The molecule has 1 aromatic carbocycles. The summed E-state index contributed by atoms with van der Waals surface area (Å²) >= 11 is 6.10. The van der Waals surface area contributed by atoms with E-state index in [-0.39, 0.29) is 18.3 Å². The number of hydrogen-bond donors (Lipinski definition) is 2. The smallest absolute Gasteiger partial charge is 0.230 e. The second-order valence-corrected chi connectivity index (χ2v) is 5.89. The third-order valence-corrected chi connectivity index (χ3v) is 4.31. The first kappa shape index (κ1) is 19.2. The quantitative estimate of drug-likeness (QED) is 0.778. The molecular formula is C16H24Cl2N2O2. The van der Waals surface area contributed by atoms with E-state index >= 15 is 0 Å². The zero-order chi connectivity index (χ0) is 15.1. The monoisotopic (exact) mass is 346 g/mol. The van der Waals surface area contributed by atoms with Crippen molar-refractivity contribution in [3.05, 3.63) is 34.9 Å². The number of carbonyl (C=O) groups excluding carboxylic acids is 1. The van der Waals surface area contributed by atoms with Crippen molar-refractivity contribution >= 4 is 29.9 Å². The van der Waals surface area contributed by atoms with E-state index in [9.17, 15) is 4.79 Å². The summed E-state index contributed by atoms with van der Waals surface area (Å²) in [6.45, 7) is 2.52. The number of hydrogen-bond acceptors (Lipinski definition) is 3. The Kier molecular flexibility index (Phi) is 8.18. The second kappa shape index (κ2) is 9.36. The first-order valence-electron chi connectivity index (χ1n) is 7.51. The summed E-state index contributed by atoms with van der Waals surface area (Å²) in [6.07, 6.45) is 3.21. The van der Waals surface area contributed by atoms with Gasteiger partial charge in [-0.1, -0.05) is 23.7 Å². The van der Waals surface area contributed by atoms with Gasteiger partial charge >= 0.3 is 0 Å². The normalized spacial score (nSPS) is 16.6. The van der Waals surface area contributed by atoms with E-state index in [1.807, 2.05) is 24.3 Å². The molecule has 1 aliphatic rings. The van der Waals surface area contributed by atoms with Crippen LogP contribution in [0.25, 0.3) is 0 Å². The largest absolute Gasteiger partial charge is 0.381 e. The minimum atomic E-state index is -0.522. The number of nitrogens with two attached hydrogens (primary N) is 1. The van der Waals surface area contributed by atoms with Crippen LogP contribution in [0.3, 0.4) is 0 Å². The fraction of sp³-hybridized carbons (Fsp3) is 0.562. The zero-order valence-corrected chi connectivity index (χ0v) is 14.2. The predicted octanol–water partition coefficient (Wildman–Crippen LogP) is 2.67. The van der Waals surface area contributed by atoms with Crippen molar-refractivity contribution in [2.45, 2.75) is 31.1 Å². The zero-order valence-electron chi connectivity index (χ0n) is 12.6. The van der Waals surface area contributed by atoms with E-state index in [0.717, 1.165) is 18.4 Å². The molecule has 0 aromatic heterocycles. The summed E-state index contributed by atoms with van der Waals surface area (Å²) < 4.78 is 5.44. The molecule has 0 bridgehead atoms. The molecule has 2 rings (SSSR count). The number of amides is 1. The second-order valence-electron chi connectivity index (χ2n) is 5.46. The molecule has 0 saturated carbocycles. The van der Waals surface area contributed by atoms with Crippen LogP contribution in [-0.4, -0.2) is 32.2 Å². The van der Waals surface area contributed by atoms with Crippen LogP contribution >= 0.6 is 24.0 Å². The topological polar surface area (TPSA) is 64.3 Å². The molecule has 0 unspecified atom stereocenters. The summed E-state index contributed by atoms with van der Waals surface area (Å²) in [5.41, 5.74) is 5.94. The van der Waals surface area contributed by atoms with Crippen LogP contribution in [0.4, 0.5) is 0 Å². The third-order valence-electron chi connectivity index (χ3n) is 4.07. The average molecular weight is 347 g/mol. The lowest BCUT2D eigenvalue weighted by Crippen LogP contribution is -2.48. The van der Waals surface area contributed by atoms with Crippen LogP contribution in [0.5, 0.6) is 0 Å². The first-order chi connectivity index (χ1) is 10.2. The Labute approximate surface area is 143 Å².